The van der Waals surface area contributed by atoms with E-state index in [0.29, 0.717) is 26.9 Å². The van der Waals surface area contributed by atoms with Crippen molar-refractivity contribution in [2.45, 2.75) is 25.6 Å². The molecule has 26 heavy (non-hydrogen) atoms. The first-order chi connectivity index (χ1) is 12.1. The van der Waals surface area contributed by atoms with E-state index in [1.165, 1.54) is 6.07 Å². The molecule has 0 saturated carbocycles. The molecule has 3 rings (SSSR count). The number of halogens is 5. The van der Waals surface area contributed by atoms with E-state index in [1.54, 1.807) is 0 Å². The van der Waals surface area contributed by atoms with Gasteiger partial charge in [-0.2, -0.15) is 18.3 Å². The number of alkyl halides is 3. The predicted octanol–water partition coefficient (Wildman–Crippen LogP) is 3.41. The van der Waals surface area contributed by atoms with Gasteiger partial charge in [-0.25, -0.2) is 0 Å². The molecule has 2 aromatic rings. The minimum absolute atomic E-state index is 0.0230. The number of carbonyl (C=O) groups excluding carboxylic acids is 1. The summed E-state index contributed by atoms with van der Waals surface area (Å²) < 4.78 is 38.8. The van der Waals surface area contributed by atoms with Crippen molar-refractivity contribution in [1.82, 2.24) is 15.1 Å². The highest BCUT2D eigenvalue weighted by Gasteiger charge is 2.39. The van der Waals surface area contributed by atoms with Crippen LogP contribution in [0.2, 0.25) is 10.2 Å². The second-order valence-electron chi connectivity index (χ2n) is 6.07. The molecule has 11 heteroatoms. The summed E-state index contributed by atoms with van der Waals surface area (Å²) >= 11 is 12.2. The van der Waals surface area contributed by atoms with E-state index in [-0.39, 0.29) is 23.1 Å². The van der Waals surface area contributed by atoms with Gasteiger partial charge in [-0.05, 0) is 23.6 Å². The maximum atomic E-state index is 12.9. The van der Waals surface area contributed by atoms with Crippen LogP contribution in [0.5, 0.6) is 0 Å². The highest BCUT2D eigenvalue weighted by Crippen LogP contribution is 2.37. The lowest BCUT2D eigenvalue weighted by Gasteiger charge is -2.25. The number of fused-ring (bicyclic) bond motifs is 3. The minimum Gasteiger partial charge on any atom is -0.481 e. The lowest BCUT2D eigenvalue weighted by molar-refractivity contribution is -0.165. The number of benzene rings is 1. The highest BCUT2D eigenvalue weighted by molar-refractivity contribution is 6.39. The summed E-state index contributed by atoms with van der Waals surface area (Å²) in [6, 6.07) is 1.51. The maximum absolute atomic E-state index is 12.9. The number of carboxylic acids is 1. The van der Waals surface area contributed by atoms with Crippen molar-refractivity contribution in [2.24, 2.45) is 5.92 Å². The first-order valence-electron chi connectivity index (χ1n) is 7.48. The molecule has 1 amide bonds. The van der Waals surface area contributed by atoms with E-state index in [9.17, 15) is 22.8 Å². The minimum atomic E-state index is -4.63. The molecule has 0 aliphatic carbocycles. The van der Waals surface area contributed by atoms with Crippen molar-refractivity contribution in [3.8, 4) is 0 Å². The third-order valence-electron chi connectivity index (χ3n) is 4.22. The Kier molecular flexibility index (Phi) is 4.78. The summed E-state index contributed by atoms with van der Waals surface area (Å²) in [7, 11) is 0. The summed E-state index contributed by atoms with van der Waals surface area (Å²) in [6.07, 6.45) is -5.26. The summed E-state index contributed by atoms with van der Waals surface area (Å²) in [5, 5.41) is 16.1. The van der Waals surface area contributed by atoms with Crippen LogP contribution in [-0.2, 0) is 22.6 Å². The number of aromatic amines is 1. The molecule has 0 saturated heterocycles. The Bertz CT molecular complexity index is 898. The molecular formula is C15H12Cl2F3N3O3. The van der Waals surface area contributed by atoms with Crippen LogP contribution in [0.15, 0.2) is 6.07 Å². The van der Waals surface area contributed by atoms with Gasteiger partial charge in [0, 0.05) is 11.9 Å². The number of hydrogen-bond acceptors (Lipinski definition) is 3. The fourth-order valence-electron chi connectivity index (χ4n) is 3.20. The van der Waals surface area contributed by atoms with Gasteiger partial charge in [0.25, 0.3) is 0 Å². The Balaban J connectivity index is 2.16. The van der Waals surface area contributed by atoms with Crippen LogP contribution < -0.4 is 0 Å². The third-order valence-corrected chi connectivity index (χ3v) is 4.79. The number of rotatable bonds is 3. The van der Waals surface area contributed by atoms with Gasteiger partial charge in [0.15, 0.2) is 5.15 Å². The third kappa shape index (κ3) is 3.59. The van der Waals surface area contributed by atoms with Gasteiger partial charge in [-0.15, -0.1) is 0 Å². The topological polar surface area (TPSA) is 86.3 Å². The number of aromatic nitrogens is 2. The SMILES string of the molecule is O=C(O)C[C@@H]1Cc2cc(Cl)c3[nH]nc(Cl)c3c2CN(CC(F)(F)F)C1=O. The summed E-state index contributed by atoms with van der Waals surface area (Å²) in [4.78, 5) is 24.2. The second-order valence-corrected chi connectivity index (χ2v) is 6.83. The van der Waals surface area contributed by atoms with Gasteiger partial charge in [-0.3, -0.25) is 14.7 Å². The number of hydrogen-bond donors (Lipinski definition) is 2. The van der Waals surface area contributed by atoms with E-state index < -0.39 is 36.9 Å². The number of nitrogens with one attached hydrogen (secondary N) is 1. The van der Waals surface area contributed by atoms with Crippen LogP contribution in [0.1, 0.15) is 17.5 Å². The van der Waals surface area contributed by atoms with Crippen LogP contribution >= 0.6 is 23.2 Å². The monoisotopic (exact) mass is 409 g/mol. The normalized spacial score (nSPS) is 18.1. The summed E-state index contributed by atoms with van der Waals surface area (Å²) in [5.41, 5.74) is 1.22. The fraction of sp³-hybridized carbons (Fsp3) is 0.400. The molecule has 1 aliphatic heterocycles. The van der Waals surface area contributed by atoms with Crippen LogP contribution in [0.25, 0.3) is 10.9 Å². The summed E-state index contributed by atoms with van der Waals surface area (Å²) in [6.45, 7) is -1.85. The fourth-order valence-corrected chi connectivity index (χ4v) is 3.72. The van der Waals surface area contributed by atoms with Gasteiger partial charge >= 0.3 is 12.1 Å². The quantitative estimate of drug-likeness (QED) is 0.812. The van der Waals surface area contributed by atoms with Gasteiger partial charge < -0.3 is 10.0 Å². The van der Waals surface area contributed by atoms with Gasteiger partial charge in [0.2, 0.25) is 5.91 Å². The van der Waals surface area contributed by atoms with Gasteiger partial charge in [0.1, 0.15) is 6.54 Å². The molecule has 6 nitrogen and oxygen atoms in total. The first-order valence-corrected chi connectivity index (χ1v) is 8.23. The van der Waals surface area contributed by atoms with Gasteiger partial charge in [0.05, 0.1) is 22.9 Å². The van der Waals surface area contributed by atoms with Crippen molar-refractivity contribution >= 4 is 46.0 Å². The number of nitrogens with zero attached hydrogens (tertiary/aromatic N) is 2. The number of amides is 1. The number of carbonyl (C=O) groups is 2. The lowest BCUT2D eigenvalue weighted by atomic mass is 9.93. The van der Waals surface area contributed by atoms with Crippen LogP contribution in [0.3, 0.4) is 0 Å². The second kappa shape index (κ2) is 6.62. The van der Waals surface area contributed by atoms with Crippen molar-refractivity contribution in [3.63, 3.8) is 0 Å². The number of carboxylic acid groups (broad SMARTS) is 1. The molecule has 1 aromatic carbocycles. The Morgan fingerprint density at radius 1 is 1.42 bits per heavy atom. The van der Waals surface area contributed by atoms with Crippen LogP contribution in [-0.4, -0.2) is 44.8 Å². The van der Waals surface area contributed by atoms with Gasteiger partial charge in [-0.1, -0.05) is 23.2 Å². The molecule has 0 unspecified atom stereocenters. The zero-order valence-corrected chi connectivity index (χ0v) is 14.5. The van der Waals surface area contributed by atoms with E-state index in [1.807, 2.05) is 0 Å². The summed E-state index contributed by atoms with van der Waals surface area (Å²) in [5.74, 6) is -3.27. The van der Waals surface area contributed by atoms with Crippen molar-refractivity contribution in [3.05, 3.63) is 27.4 Å². The predicted molar refractivity (Wildman–Crippen MR) is 87.0 cm³/mol. The molecule has 2 heterocycles. The highest BCUT2D eigenvalue weighted by atomic mass is 35.5. The molecule has 1 atom stereocenters. The average Bonchev–Trinajstić information content (AvgIpc) is 2.84. The van der Waals surface area contributed by atoms with Crippen LogP contribution in [0.4, 0.5) is 13.2 Å². The molecular weight excluding hydrogens is 398 g/mol. The largest absolute Gasteiger partial charge is 0.481 e. The number of aliphatic carboxylic acids is 1. The Morgan fingerprint density at radius 2 is 2.12 bits per heavy atom. The molecule has 140 valence electrons. The standard InChI is InChI=1S/C15H12Cl2F3N3O3/c16-9-2-6-1-7(3-10(24)25)14(26)23(5-15(18,19)20)4-8(6)11-12(9)21-22-13(11)17/h2,7H,1,3-5H2,(H,21,22)(H,24,25)/t7-/m0/s1. The molecule has 0 fully saturated rings. The van der Waals surface area contributed by atoms with E-state index in [4.69, 9.17) is 28.3 Å². The smallest absolute Gasteiger partial charge is 0.406 e. The van der Waals surface area contributed by atoms with Crippen molar-refractivity contribution < 1.29 is 27.9 Å². The molecule has 0 spiro atoms. The van der Waals surface area contributed by atoms with E-state index >= 15 is 0 Å². The Hall–Kier alpha value is -2.00. The zero-order chi connectivity index (χ0) is 19.2. The van der Waals surface area contributed by atoms with E-state index in [2.05, 4.69) is 10.2 Å². The first kappa shape index (κ1) is 18.8. The van der Waals surface area contributed by atoms with Crippen molar-refractivity contribution in [1.29, 1.82) is 0 Å². The Morgan fingerprint density at radius 3 is 2.73 bits per heavy atom. The molecule has 1 aromatic heterocycles. The van der Waals surface area contributed by atoms with E-state index in [0.717, 1.165) is 0 Å². The Labute approximate surface area is 154 Å². The zero-order valence-electron chi connectivity index (χ0n) is 13.0. The van der Waals surface area contributed by atoms with Crippen molar-refractivity contribution in [2.75, 3.05) is 6.54 Å². The average molecular weight is 410 g/mol. The molecule has 1 aliphatic rings. The molecule has 0 radical (unpaired) electrons. The maximum Gasteiger partial charge on any atom is 0.406 e. The number of H-pyrrole nitrogens is 1. The lowest BCUT2D eigenvalue weighted by Crippen LogP contribution is -2.41. The molecule has 0 bridgehead atoms. The molecule has 2 N–H and O–H groups in total. The van der Waals surface area contributed by atoms with Crippen LogP contribution in [0, 0.1) is 5.92 Å².